The second-order valence-electron chi connectivity index (χ2n) is 7.89. The molecular weight excluding hydrogens is 458 g/mol. The van der Waals surface area contributed by atoms with Gasteiger partial charge in [-0.3, -0.25) is 0 Å². The molecule has 27 heavy (non-hydrogen) atoms. The van der Waals surface area contributed by atoms with Crippen molar-refractivity contribution >= 4 is 35.6 Å². The number of hydrogen-bond donors (Lipinski definition) is 1. The molecule has 0 bridgehead atoms. The lowest BCUT2D eigenvalue weighted by atomic mass is 9.93. The molecule has 0 amide bonds. The normalized spacial score (nSPS) is 19.8. The summed E-state index contributed by atoms with van der Waals surface area (Å²) in [6.45, 7) is 12.8. The molecule has 2 fully saturated rings. The summed E-state index contributed by atoms with van der Waals surface area (Å²) < 4.78 is 19.9. The maximum atomic E-state index is 14.6. The minimum Gasteiger partial charge on any atom is -0.378 e. The first-order valence-corrected chi connectivity index (χ1v) is 9.63. The molecule has 2 heterocycles. The number of rotatable bonds is 4. The fourth-order valence-corrected chi connectivity index (χ4v) is 3.59. The second-order valence-corrected chi connectivity index (χ2v) is 7.89. The van der Waals surface area contributed by atoms with E-state index < -0.39 is 0 Å². The van der Waals surface area contributed by atoms with Crippen molar-refractivity contribution in [3.63, 3.8) is 0 Å². The molecule has 1 N–H and O–H groups in total. The van der Waals surface area contributed by atoms with Gasteiger partial charge in [-0.25, -0.2) is 9.38 Å². The van der Waals surface area contributed by atoms with Crippen LogP contribution in [0.25, 0.3) is 0 Å². The Balaban J connectivity index is 0.00000261. The highest BCUT2D eigenvalue weighted by atomic mass is 127. The molecule has 0 unspecified atom stereocenters. The summed E-state index contributed by atoms with van der Waals surface area (Å²) >= 11 is 0. The fraction of sp³-hybridized carbons (Fsp3) is 0.650. The number of anilines is 1. The highest BCUT2D eigenvalue weighted by Crippen LogP contribution is 2.29. The van der Waals surface area contributed by atoms with Gasteiger partial charge in [-0.15, -0.1) is 24.0 Å². The first kappa shape index (κ1) is 22.2. The first-order valence-electron chi connectivity index (χ1n) is 9.63. The molecule has 3 rings (SSSR count). The van der Waals surface area contributed by atoms with Crippen molar-refractivity contribution in [2.75, 3.05) is 50.8 Å². The summed E-state index contributed by atoms with van der Waals surface area (Å²) in [4.78, 5) is 9.10. The summed E-state index contributed by atoms with van der Waals surface area (Å²) in [5.74, 6) is 0.752. The molecule has 0 spiro atoms. The second kappa shape index (κ2) is 9.91. The summed E-state index contributed by atoms with van der Waals surface area (Å²) in [6, 6.07) is 5.47. The van der Waals surface area contributed by atoms with Crippen LogP contribution in [0.5, 0.6) is 0 Å². The number of hydrogen-bond acceptors (Lipinski definition) is 3. The lowest BCUT2D eigenvalue weighted by Crippen LogP contribution is -2.40. The third kappa shape index (κ3) is 5.94. The molecule has 5 nitrogen and oxygen atoms in total. The zero-order valence-corrected chi connectivity index (χ0v) is 19.0. The van der Waals surface area contributed by atoms with Crippen LogP contribution in [-0.2, 0) is 11.3 Å². The minimum atomic E-state index is -0.174. The average Bonchev–Trinajstić information content (AvgIpc) is 2.99. The van der Waals surface area contributed by atoms with Crippen LogP contribution in [-0.4, -0.2) is 56.8 Å². The standard InChI is InChI=1S/C20H31FN4O.HI/c1-4-22-19(25-8-7-20(2,3)15-25)23-14-16-5-6-18(17(21)13-16)24-9-11-26-12-10-24;/h5-6,13H,4,7-12,14-15H2,1-3H3,(H,22,23);1H. The van der Waals surface area contributed by atoms with Gasteiger partial charge in [0.05, 0.1) is 25.4 Å². The van der Waals surface area contributed by atoms with Gasteiger partial charge in [0.25, 0.3) is 0 Å². The van der Waals surface area contributed by atoms with Gasteiger partial charge in [0, 0.05) is 32.7 Å². The Kier molecular flexibility index (Phi) is 8.15. The number of guanidine groups is 1. The Labute approximate surface area is 179 Å². The summed E-state index contributed by atoms with van der Waals surface area (Å²) in [6.07, 6.45) is 1.17. The first-order chi connectivity index (χ1) is 12.5. The predicted octanol–water partition coefficient (Wildman–Crippen LogP) is 3.48. The van der Waals surface area contributed by atoms with E-state index in [1.165, 1.54) is 6.42 Å². The molecule has 2 aliphatic rings. The Morgan fingerprint density at radius 1 is 1.26 bits per heavy atom. The molecule has 2 aliphatic heterocycles. The maximum absolute atomic E-state index is 14.6. The van der Waals surface area contributed by atoms with Crippen molar-refractivity contribution in [3.8, 4) is 0 Å². The van der Waals surface area contributed by atoms with Crippen molar-refractivity contribution in [3.05, 3.63) is 29.6 Å². The van der Waals surface area contributed by atoms with E-state index in [-0.39, 0.29) is 29.8 Å². The van der Waals surface area contributed by atoms with Crippen molar-refractivity contribution in [1.82, 2.24) is 10.2 Å². The van der Waals surface area contributed by atoms with Crippen LogP contribution >= 0.6 is 24.0 Å². The zero-order valence-electron chi connectivity index (χ0n) is 16.6. The number of benzene rings is 1. The zero-order chi connectivity index (χ0) is 18.6. The van der Waals surface area contributed by atoms with Crippen molar-refractivity contribution in [2.24, 2.45) is 10.4 Å². The van der Waals surface area contributed by atoms with E-state index >= 15 is 0 Å². The van der Waals surface area contributed by atoms with Crippen molar-refractivity contribution in [1.29, 1.82) is 0 Å². The average molecular weight is 490 g/mol. The number of halogens is 2. The molecular formula is C20H32FIN4O. The topological polar surface area (TPSA) is 40.1 Å². The third-order valence-electron chi connectivity index (χ3n) is 5.09. The van der Waals surface area contributed by atoms with Crippen LogP contribution in [0.1, 0.15) is 32.8 Å². The highest BCUT2D eigenvalue weighted by molar-refractivity contribution is 14.0. The van der Waals surface area contributed by atoms with Crippen molar-refractivity contribution in [2.45, 2.75) is 33.7 Å². The molecule has 1 aromatic carbocycles. The van der Waals surface area contributed by atoms with Crippen LogP contribution in [0.3, 0.4) is 0 Å². The molecule has 0 saturated carbocycles. The van der Waals surface area contributed by atoms with E-state index in [2.05, 4.69) is 31.0 Å². The van der Waals surface area contributed by atoms with Gasteiger partial charge in [-0.1, -0.05) is 19.9 Å². The fourth-order valence-electron chi connectivity index (χ4n) is 3.59. The predicted molar refractivity (Wildman–Crippen MR) is 120 cm³/mol. The summed E-state index contributed by atoms with van der Waals surface area (Å²) in [5, 5.41) is 3.37. The van der Waals surface area contributed by atoms with Gasteiger partial charge >= 0.3 is 0 Å². The number of nitrogens with zero attached hydrogens (tertiary/aromatic N) is 3. The Morgan fingerprint density at radius 3 is 2.59 bits per heavy atom. The Bertz CT molecular complexity index is 647. The van der Waals surface area contributed by atoms with E-state index in [1.807, 2.05) is 17.0 Å². The molecule has 2 saturated heterocycles. The summed E-state index contributed by atoms with van der Waals surface area (Å²) in [5.41, 5.74) is 1.88. The highest BCUT2D eigenvalue weighted by Gasteiger charge is 2.30. The number of aliphatic imine (C=N–C) groups is 1. The van der Waals surface area contributed by atoms with Gasteiger partial charge < -0.3 is 19.9 Å². The van der Waals surface area contributed by atoms with Gasteiger partial charge in [-0.05, 0) is 36.5 Å². The summed E-state index contributed by atoms with van der Waals surface area (Å²) in [7, 11) is 0. The monoisotopic (exact) mass is 490 g/mol. The van der Waals surface area contributed by atoms with Gasteiger partial charge in [0.2, 0.25) is 0 Å². The third-order valence-corrected chi connectivity index (χ3v) is 5.09. The van der Waals surface area contributed by atoms with Crippen LogP contribution in [0, 0.1) is 11.2 Å². The molecule has 0 radical (unpaired) electrons. The van der Waals surface area contributed by atoms with Crippen LogP contribution < -0.4 is 10.2 Å². The Hall–Kier alpha value is -1.09. The molecule has 7 heteroatoms. The molecule has 152 valence electrons. The van der Waals surface area contributed by atoms with E-state index in [1.54, 1.807) is 6.07 Å². The Morgan fingerprint density at radius 2 is 2.00 bits per heavy atom. The number of nitrogens with one attached hydrogen (secondary N) is 1. The SMILES string of the molecule is CCNC(=NCc1ccc(N2CCOCC2)c(F)c1)N1CCC(C)(C)C1.I. The van der Waals surface area contributed by atoms with Gasteiger partial charge in [0.1, 0.15) is 5.82 Å². The number of ether oxygens (including phenoxy) is 1. The van der Waals surface area contributed by atoms with E-state index in [0.717, 1.165) is 44.2 Å². The van der Waals surface area contributed by atoms with Crippen molar-refractivity contribution < 1.29 is 9.13 Å². The van der Waals surface area contributed by atoms with E-state index in [0.29, 0.717) is 30.9 Å². The molecule has 0 atom stereocenters. The van der Waals surface area contributed by atoms with E-state index in [9.17, 15) is 4.39 Å². The lowest BCUT2D eigenvalue weighted by Gasteiger charge is -2.29. The van der Waals surface area contributed by atoms with Gasteiger partial charge in [-0.2, -0.15) is 0 Å². The smallest absolute Gasteiger partial charge is 0.194 e. The quantitative estimate of drug-likeness (QED) is 0.399. The molecule has 0 aliphatic carbocycles. The van der Waals surface area contributed by atoms with Crippen LogP contribution in [0.4, 0.5) is 10.1 Å². The largest absolute Gasteiger partial charge is 0.378 e. The lowest BCUT2D eigenvalue weighted by molar-refractivity contribution is 0.122. The van der Waals surface area contributed by atoms with Crippen LogP contribution in [0.2, 0.25) is 0 Å². The molecule has 1 aromatic rings. The molecule has 0 aromatic heterocycles. The van der Waals surface area contributed by atoms with E-state index in [4.69, 9.17) is 9.73 Å². The number of morpholine rings is 1. The number of likely N-dealkylation sites (tertiary alicyclic amines) is 1. The maximum Gasteiger partial charge on any atom is 0.194 e. The minimum absolute atomic E-state index is 0. The van der Waals surface area contributed by atoms with Gasteiger partial charge in [0.15, 0.2) is 5.96 Å². The van der Waals surface area contributed by atoms with Crippen LogP contribution in [0.15, 0.2) is 23.2 Å².